The van der Waals surface area contributed by atoms with Crippen molar-refractivity contribution in [2.45, 2.75) is 17.2 Å². The second kappa shape index (κ2) is 3.65. The van der Waals surface area contributed by atoms with Crippen LogP contribution in [0, 0.1) is 5.92 Å². The first kappa shape index (κ1) is 9.59. The molecular weight excluding hydrogens is 196 g/mol. The smallest absolute Gasteiger partial charge is 0.307 e. The first-order chi connectivity index (χ1) is 6.74. The quantitative estimate of drug-likeness (QED) is 0.776. The standard InChI is InChI=1S/C11H12O2S/c1-14-10-5-3-2-4-7(10)8-6-9(8)11(12)13/h2-5,8-9H,6H2,1H3,(H,12,13)/t8-,9+/m0/s1. The highest BCUT2D eigenvalue weighted by atomic mass is 32.2. The molecule has 2 nitrogen and oxygen atoms in total. The molecule has 1 aromatic rings. The summed E-state index contributed by atoms with van der Waals surface area (Å²) >= 11 is 1.68. The summed E-state index contributed by atoms with van der Waals surface area (Å²) in [7, 11) is 0. The molecule has 0 radical (unpaired) electrons. The van der Waals surface area contributed by atoms with Crippen LogP contribution < -0.4 is 0 Å². The van der Waals surface area contributed by atoms with Crippen LogP contribution in [0.25, 0.3) is 0 Å². The van der Waals surface area contributed by atoms with Crippen LogP contribution >= 0.6 is 11.8 Å². The summed E-state index contributed by atoms with van der Waals surface area (Å²) in [5.74, 6) is -0.564. The molecule has 1 aromatic carbocycles. The van der Waals surface area contributed by atoms with Gasteiger partial charge in [0.05, 0.1) is 5.92 Å². The molecule has 3 heteroatoms. The number of hydrogen-bond acceptors (Lipinski definition) is 2. The molecule has 74 valence electrons. The van der Waals surface area contributed by atoms with Crippen LogP contribution in [-0.2, 0) is 4.79 Å². The molecule has 0 unspecified atom stereocenters. The van der Waals surface area contributed by atoms with Crippen molar-refractivity contribution in [1.29, 1.82) is 0 Å². The van der Waals surface area contributed by atoms with E-state index in [1.807, 2.05) is 24.5 Å². The van der Waals surface area contributed by atoms with E-state index < -0.39 is 5.97 Å². The molecule has 1 aliphatic carbocycles. The Morgan fingerprint density at radius 2 is 2.21 bits per heavy atom. The molecule has 2 atom stereocenters. The Balaban J connectivity index is 2.22. The van der Waals surface area contributed by atoms with Gasteiger partial charge in [0, 0.05) is 4.90 Å². The molecule has 0 saturated heterocycles. The molecule has 0 aromatic heterocycles. The van der Waals surface area contributed by atoms with Gasteiger partial charge in [-0.05, 0) is 30.2 Å². The van der Waals surface area contributed by atoms with Gasteiger partial charge in [0.2, 0.25) is 0 Å². The third-order valence-corrected chi connectivity index (χ3v) is 3.46. The van der Waals surface area contributed by atoms with Crippen LogP contribution in [-0.4, -0.2) is 17.3 Å². The third kappa shape index (κ3) is 1.64. The van der Waals surface area contributed by atoms with Gasteiger partial charge in [-0.25, -0.2) is 0 Å². The molecule has 1 saturated carbocycles. The molecule has 0 spiro atoms. The zero-order valence-electron chi connectivity index (χ0n) is 7.93. The van der Waals surface area contributed by atoms with E-state index in [9.17, 15) is 4.79 Å². The first-order valence-corrected chi connectivity index (χ1v) is 5.82. The van der Waals surface area contributed by atoms with Gasteiger partial charge in [-0.3, -0.25) is 4.79 Å². The van der Waals surface area contributed by atoms with E-state index in [4.69, 9.17) is 5.11 Å². The van der Waals surface area contributed by atoms with E-state index in [-0.39, 0.29) is 11.8 Å². The number of thioether (sulfide) groups is 1. The van der Waals surface area contributed by atoms with Crippen LogP contribution in [0.1, 0.15) is 17.9 Å². The summed E-state index contributed by atoms with van der Waals surface area (Å²) in [4.78, 5) is 11.9. The molecule has 1 aliphatic rings. The third-order valence-electron chi connectivity index (χ3n) is 2.65. The summed E-state index contributed by atoms with van der Waals surface area (Å²) in [6, 6.07) is 8.07. The molecule has 14 heavy (non-hydrogen) atoms. The van der Waals surface area contributed by atoms with Crippen molar-refractivity contribution in [1.82, 2.24) is 0 Å². The normalized spacial score (nSPS) is 24.6. The molecule has 0 bridgehead atoms. The highest BCUT2D eigenvalue weighted by Crippen LogP contribution is 2.49. The fourth-order valence-electron chi connectivity index (χ4n) is 1.78. The van der Waals surface area contributed by atoms with Gasteiger partial charge in [-0.1, -0.05) is 18.2 Å². The summed E-state index contributed by atoms with van der Waals surface area (Å²) in [6.07, 6.45) is 2.82. The van der Waals surface area contributed by atoms with Crippen molar-refractivity contribution in [3.05, 3.63) is 29.8 Å². The van der Waals surface area contributed by atoms with Gasteiger partial charge in [0.1, 0.15) is 0 Å². The molecule has 0 amide bonds. The predicted molar refractivity (Wildman–Crippen MR) is 56.7 cm³/mol. The number of carboxylic acid groups (broad SMARTS) is 1. The Morgan fingerprint density at radius 3 is 2.79 bits per heavy atom. The lowest BCUT2D eigenvalue weighted by molar-refractivity contribution is -0.138. The largest absolute Gasteiger partial charge is 0.481 e. The first-order valence-electron chi connectivity index (χ1n) is 4.59. The van der Waals surface area contributed by atoms with Crippen LogP contribution in [0.4, 0.5) is 0 Å². The number of carboxylic acids is 1. The lowest BCUT2D eigenvalue weighted by atomic mass is 10.1. The van der Waals surface area contributed by atoms with E-state index in [1.54, 1.807) is 11.8 Å². The van der Waals surface area contributed by atoms with Crippen molar-refractivity contribution in [2.75, 3.05) is 6.26 Å². The number of carbonyl (C=O) groups is 1. The average Bonchev–Trinajstić information content (AvgIpc) is 2.97. The second-order valence-electron chi connectivity index (χ2n) is 3.53. The van der Waals surface area contributed by atoms with Crippen molar-refractivity contribution in [3.63, 3.8) is 0 Å². The number of hydrogen-bond donors (Lipinski definition) is 1. The fourth-order valence-corrected chi connectivity index (χ4v) is 2.45. The highest BCUT2D eigenvalue weighted by molar-refractivity contribution is 7.98. The SMILES string of the molecule is CSc1ccccc1[C@@H]1C[C@H]1C(=O)O. The molecule has 2 rings (SSSR count). The Morgan fingerprint density at radius 1 is 1.50 bits per heavy atom. The van der Waals surface area contributed by atoms with Gasteiger partial charge in [-0.15, -0.1) is 11.8 Å². The summed E-state index contributed by atoms with van der Waals surface area (Å²) in [5.41, 5.74) is 1.20. The lowest BCUT2D eigenvalue weighted by Gasteiger charge is -2.04. The van der Waals surface area contributed by atoms with Crippen molar-refractivity contribution < 1.29 is 9.90 Å². The van der Waals surface area contributed by atoms with E-state index in [0.717, 1.165) is 6.42 Å². The molecule has 1 fully saturated rings. The maximum atomic E-state index is 10.7. The Hall–Kier alpha value is -0.960. The van der Waals surface area contributed by atoms with Gasteiger partial charge in [0.15, 0.2) is 0 Å². The fraction of sp³-hybridized carbons (Fsp3) is 0.364. The minimum Gasteiger partial charge on any atom is -0.481 e. The minimum absolute atomic E-state index is 0.150. The Labute approximate surface area is 87.3 Å². The van der Waals surface area contributed by atoms with E-state index in [1.165, 1.54) is 10.5 Å². The van der Waals surface area contributed by atoms with E-state index in [2.05, 4.69) is 6.07 Å². The van der Waals surface area contributed by atoms with Crippen LogP contribution in [0.3, 0.4) is 0 Å². The van der Waals surface area contributed by atoms with Gasteiger partial charge < -0.3 is 5.11 Å². The molecule has 0 heterocycles. The summed E-state index contributed by atoms with van der Waals surface area (Å²) in [6.45, 7) is 0. The summed E-state index contributed by atoms with van der Waals surface area (Å²) in [5, 5.41) is 8.84. The topological polar surface area (TPSA) is 37.3 Å². The lowest BCUT2D eigenvalue weighted by Crippen LogP contribution is -1.99. The zero-order chi connectivity index (χ0) is 10.1. The maximum absolute atomic E-state index is 10.7. The van der Waals surface area contributed by atoms with E-state index in [0.29, 0.717) is 0 Å². The van der Waals surface area contributed by atoms with Crippen molar-refractivity contribution >= 4 is 17.7 Å². The number of benzene rings is 1. The Kier molecular flexibility index (Phi) is 2.50. The van der Waals surface area contributed by atoms with Gasteiger partial charge in [-0.2, -0.15) is 0 Å². The van der Waals surface area contributed by atoms with Gasteiger partial charge >= 0.3 is 5.97 Å². The monoisotopic (exact) mass is 208 g/mol. The highest BCUT2D eigenvalue weighted by Gasteiger charge is 2.44. The van der Waals surface area contributed by atoms with Crippen molar-refractivity contribution in [2.24, 2.45) is 5.92 Å². The Bertz CT molecular complexity index is 362. The minimum atomic E-state index is -0.661. The summed E-state index contributed by atoms with van der Waals surface area (Å²) < 4.78 is 0. The van der Waals surface area contributed by atoms with Gasteiger partial charge in [0.25, 0.3) is 0 Å². The molecule has 1 N–H and O–H groups in total. The number of aliphatic carboxylic acids is 1. The number of rotatable bonds is 3. The van der Waals surface area contributed by atoms with Crippen LogP contribution in [0.5, 0.6) is 0 Å². The second-order valence-corrected chi connectivity index (χ2v) is 4.38. The van der Waals surface area contributed by atoms with Crippen LogP contribution in [0.2, 0.25) is 0 Å². The predicted octanol–water partition coefficient (Wildman–Crippen LogP) is 2.60. The zero-order valence-corrected chi connectivity index (χ0v) is 8.75. The molecule has 0 aliphatic heterocycles. The van der Waals surface area contributed by atoms with Crippen LogP contribution in [0.15, 0.2) is 29.2 Å². The molecular formula is C11H12O2S. The van der Waals surface area contributed by atoms with Crippen molar-refractivity contribution in [3.8, 4) is 0 Å². The van der Waals surface area contributed by atoms with E-state index >= 15 is 0 Å². The average molecular weight is 208 g/mol. The maximum Gasteiger partial charge on any atom is 0.307 e.